The van der Waals surface area contributed by atoms with Crippen LogP contribution >= 0.6 is 0 Å². The van der Waals surface area contributed by atoms with Gasteiger partial charge in [0.1, 0.15) is 0 Å². The monoisotopic (exact) mass is 218 g/mol. The molecule has 0 unspecified atom stereocenters. The third-order valence-electron chi connectivity index (χ3n) is 4.17. The molecule has 16 heavy (non-hydrogen) atoms. The van der Waals surface area contributed by atoms with Crippen LogP contribution in [0, 0.1) is 5.92 Å². The molecular weight excluding hydrogens is 196 g/mol. The van der Waals surface area contributed by atoms with Gasteiger partial charge < -0.3 is 5.11 Å². The molecule has 1 nitrogen and oxygen atoms in total. The first-order chi connectivity index (χ1) is 7.62. The Hall–Kier alpha value is -0.820. The van der Waals surface area contributed by atoms with Crippen molar-refractivity contribution in [3.05, 3.63) is 35.9 Å². The summed E-state index contributed by atoms with van der Waals surface area (Å²) in [7, 11) is 0. The van der Waals surface area contributed by atoms with Crippen molar-refractivity contribution in [1.82, 2.24) is 0 Å². The van der Waals surface area contributed by atoms with Gasteiger partial charge in [0.25, 0.3) is 0 Å². The topological polar surface area (TPSA) is 20.2 Å². The largest absolute Gasteiger partial charge is 0.393 e. The minimum absolute atomic E-state index is 0.0844. The van der Waals surface area contributed by atoms with E-state index < -0.39 is 0 Å². The second kappa shape index (κ2) is 4.58. The summed E-state index contributed by atoms with van der Waals surface area (Å²) in [4.78, 5) is 0. The van der Waals surface area contributed by atoms with E-state index in [4.69, 9.17) is 0 Å². The van der Waals surface area contributed by atoms with Gasteiger partial charge in [0, 0.05) is 0 Å². The van der Waals surface area contributed by atoms with Gasteiger partial charge in [-0.2, -0.15) is 0 Å². The van der Waals surface area contributed by atoms with Crippen LogP contribution in [0.2, 0.25) is 0 Å². The molecule has 1 saturated carbocycles. The highest BCUT2D eigenvalue weighted by Crippen LogP contribution is 2.40. The number of hydrogen-bond acceptors (Lipinski definition) is 1. The van der Waals surface area contributed by atoms with Crippen molar-refractivity contribution < 1.29 is 5.11 Å². The summed E-state index contributed by atoms with van der Waals surface area (Å²) in [5, 5.41) is 10.2. The Bertz CT molecular complexity index is 329. The zero-order valence-electron chi connectivity index (χ0n) is 10.3. The molecule has 0 spiro atoms. The molecular formula is C15H22O. The van der Waals surface area contributed by atoms with E-state index in [-0.39, 0.29) is 11.5 Å². The Kier molecular flexibility index (Phi) is 3.34. The summed E-state index contributed by atoms with van der Waals surface area (Å²) in [6.07, 6.45) is 4.45. The van der Waals surface area contributed by atoms with Crippen LogP contribution in [-0.4, -0.2) is 11.2 Å². The van der Waals surface area contributed by atoms with Crippen LogP contribution in [0.15, 0.2) is 30.3 Å². The first-order valence-corrected chi connectivity index (χ1v) is 6.36. The highest BCUT2D eigenvalue weighted by atomic mass is 16.3. The van der Waals surface area contributed by atoms with Crippen molar-refractivity contribution >= 4 is 0 Å². The Balaban J connectivity index is 2.23. The zero-order chi connectivity index (χ0) is 11.6. The van der Waals surface area contributed by atoms with E-state index in [1.165, 1.54) is 18.4 Å². The Morgan fingerprint density at radius 2 is 1.69 bits per heavy atom. The minimum atomic E-state index is -0.121. The molecule has 1 aromatic carbocycles. The van der Waals surface area contributed by atoms with Crippen LogP contribution in [0.25, 0.3) is 0 Å². The van der Waals surface area contributed by atoms with Gasteiger partial charge in [0.2, 0.25) is 0 Å². The third kappa shape index (κ3) is 2.15. The molecule has 0 heterocycles. The number of hydrogen-bond donors (Lipinski definition) is 1. The third-order valence-corrected chi connectivity index (χ3v) is 4.17. The fourth-order valence-corrected chi connectivity index (χ4v) is 3.03. The molecule has 88 valence electrons. The molecule has 0 aromatic heterocycles. The second-order valence-electron chi connectivity index (χ2n) is 5.55. The standard InChI is InChI=1S/C15H22O/c1-15(2,12-8-4-3-5-9-12)13-10-6-7-11-14(13)16/h3-5,8-9,13-14,16H,6-7,10-11H2,1-2H3/t13-,14+/m1/s1. The summed E-state index contributed by atoms with van der Waals surface area (Å²) in [5.41, 5.74) is 1.43. The lowest BCUT2D eigenvalue weighted by Crippen LogP contribution is -2.39. The van der Waals surface area contributed by atoms with Gasteiger partial charge in [-0.3, -0.25) is 0 Å². The van der Waals surface area contributed by atoms with E-state index in [9.17, 15) is 5.11 Å². The zero-order valence-corrected chi connectivity index (χ0v) is 10.3. The van der Waals surface area contributed by atoms with Crippen molar-refractivity contribution in [1.29, 1.82) is 0 Å². The van der Waals surface area contributed by atoms with Crippen LogP contribution in [0.4, 0.5) is 0 Å². The molecule has 1 fully saturated rings. The first-order valence-electron chi connectivity index (χ1n) is 6.36. The summed E-state index contributed by atoms with van der Waals surface area (Å²) in [6, 6.07) is 10.6. The van der Waals surface area contributed by atoms with Crippen molar-refractivity contribution in [2.45, 2.75) is 51.0 Å². The lowest BCUT2D eigenvalue weighted by Gasteiger charge is -2.40. The maximum atomic E-state index is 10.2. The van der Waals surface area contributed by atoms with Crippen molar-refractivity contribution in [3.8, 4) is 0 Å². The molecule has 1 aliphatic carbocycles. The summed E-state index contributed by atoms with van der Waals surface area (Å²) < 4.78 is 0. The van der Waals surface area contributed by atoms with Gasteiger partial charge in [0.05, 0.1) is 6.10 Å². The van der Waals surface area contributed by atoms with Crippen molar-refractivity contribution in [3.63, 3.8) is 0 Å². The molecule has 1 heteroatoms. The Labute approximate surface area is 98.5 Å². The van der Waals surface area contributed by atoms with Gasteiger partial charge >= 0.3 is 0 Å². The highest BCUT2D eigenvalue weighted by molar-refractivity contribution is 5.25. The SMILES string of the molecule is CC(C)(c1ccccc1)[C@@H]1CCCC[C@@H]1O. The van der Waals surface area contributed by atoms with Crippen LogP contribution in [-0.2, 0) is 5.41 Å². The first kappa shape index (κ1) is 11.7. The van der Waals surface area contributed by atoms with Crippen LogP contribution in [0.5, 0.6) is 0 Å². The Morgan fingerprint density at radius 3 is 2.31 bits per heavy atom. The van der Waals surface area contributed by atoms with Crippen molar-refractivity contribution in [2.24, 2.45) is 5.92 Å². The molecule has 1 aliphatic rings. The highest BCUT2D eigenvalue weighted by Gasteiger charge is 2.37. The Morgan fingerprint density at radius 1 is 1.06 bits per heavy atom. The molecule has 0 aliphatic heterocycles. The fourth-order valence-electron chi connectivity index (χ4n) is 3.03. The van der Waals surface area contributed by atoms with Gasteiger partial charge in [-0.15, -0.1) is 0 Å². The number of aliphatic hydroxyl groups excluding tert-OH is 1. The lowest BCUT2D eigenvalue weighted by atomic mass is 9.66. The predicted molar refractivity (Wildman–Crippen MR) is 67.4 cm³/mol. The van der Waals surface area contributed by atoms with Gasteiger partial charge in [0.15, 0.2) is 0 Å². The lowest BCUT2D eigenvalue weighted by molar-refractivity contribution is 0.0322. The normalized spacial score (nSPS) is 26.7. The summed E-state index contributed by atoms with van der Waals surface area (Å²) in [6.45, 7) is 4.53. The van der Waals surface area contributed by atoms with E-state index in [0.717, 1.165) is 12.8 Å². The van der Waals surface area contributed by atoms with E-state index in [0.29, 0.717) is 5.92 Å². The van der Waals surface area contributed by atoms with E-state index in [1.807, 2.05) is 0 Å². The average molecular weight is 218 g/mol. The molecule has 2 rings (SSSR count). The number of rotatable bonds is 2. The number of aliphatic hydroxyl groups is 1. The van der Waals surface area contributed by atoms with Crippen LogP contribution < -0.4 is 0 Å². The number of benzene rings is 1. The smallest absolute Gasteiger partial charge is 0.0576 e. The summed E-state index contributed by atoms with van der Waals surface area (Å²) >= 11 is 0. The minimum Gasteiger partial charge on any atom is -0.393 e. The van der Waals surface area contributed by atoms with Crippen LogP contribution in [0.1, 0.15) is 45.1 Å². The van der Waals surface area contributed by atoms with Gasteiger partial charge in [-0.25, -0.2) is 0 Å². The molecule has 0 amide bonds. The van der Waals surface area contributed by atoms with E-state index in [1.54, 1.807) is 0 Å². The predicted octanol–water partition coefficient (Wildman–Crippen LogP) is 3.52. The maximum Gasteiger partial charge on any atom is 0.0576 e. The quantitative estimate of drug-likeness (QED) is 0.805. The average Bonchev–Trinajstić information content (AvgIpc) is 2.30. The molecule has 2 atom stereocenters. The maximum absolute atomic E-state index is 10.2. The molecule has 0 saturated heterocycles. The van der Waals surface area contributed by atoms with Gasteiger partial charge in [-0.1, -0.05) is 57.0 Å². The summed E-state index contributed by atoms with van der Waals surface area (Å²) in [5.74, 6) is 0.406. The fraction of sp³-hybridized carbons (Fsp3) is 0.600. The van der Waals surface area contributed by atoms with Crippen molar-refractivity contribution in [2.75, 3.05) is 0 Å². The molecule has 0 bridgehead atoms. The van der Waals surface area contributed by atoms with Crippen LogP contribution in [0.3, 0.4) is 0 Å². The molecule has 0 radical (unpaired) electrons. The van der Waals surface area contributed by atoms with Gasteiger partial charge in [-0.05, 0) is 29.7 Å². The van der Waals surface area contributed by atoms with E-state index in [2.05, 4.69) is 44.2 Å². The second-order valence-corrected chi connectivity index (χ2v) is 5.55. The van der Waals surface area contributed by atoms with E-state index >= 15 is 0 Å². The molecule has 1 N–H and O–H groups in total. The molecule has 1 aromatic rings.